The summed E-state index contributed by atoms with van der Waals surface area (Å²) in [5.41, 5.74) is 5.77. The zero-order valence-electron chi connectivity index (χ0n) is 13.6. The van der Waals surface area contributed by atoms with Crippen molar-refractivity contribution < 1.29 is 28.1 Å². The maximum atomic E-state index is 14.7. The number of nitriles is 1. The monoisotopic (exact) mass is 346 g/mol. The van der Waals surface area contributed by atoms with Crippen LogP contribution in [0, 0.1) is 17.1 Å². The van der Waals surface area contributed by atoms with Crippen molar-refractivity contribution in [2.75, 3.05) is 13.4 Å². The predicted molar refractivity (Wildman–Crippen MR) is 82.5 cm³/mol. The highest BCUT2D eigenvalue weighted by Gasteiger charge is 2.38. The summed E-state index contributed by atoms with van der Waals surface area (Å²) in [4.78, 5) is 12.4. The number of carbonyl (C=O) groups is 1. The Labute approximate surface area is 143 Å². The van der Waals surface area contributed by atoms with Crippen LogP contribution in [-0.4, -0.2) is 19.4 Å². The Morgan fingerprint density at radius 2 is 2.12 bits per heavy atom. The summed E-state index contributed by atoms with van der Waals surface area (Å²) in [6.07, 6.45) is 0. The lowest BCUT2D eigenvalue weighted by Gasteiger charge is -2.27. The average molecular weight is 346 g/mol. The first-order valence-electron chi connectivity index (χ1n) is 7.52. The van der Waals surface area contributed by atoms with Crippen LogP contribution in [0.4, 0.5) is 4.39 Å². The number of allylic oxidation sites excluding steroid dienone is 2. The molecule has 0 aromatic heterocycles. The maximum absolute atomic E-state index is 14.7. The molecule has 0 spiro atoms. The van der Waals surface area contributed by atoms with Gasteiger partial charge in [0, 0.05) is 11.6 Å². The van der Waals surface area contributed by atoms with E-state index in [9.17, 15) is 14.4 Å². The second-order valence-electron chi connectivity index (χ2n) is 5.34. The Kier molecular flexibility index (Phi) is 4.23. The molecule has 0 saturated heterocycles. The molecule has 2 aliphatic heterocycles. The van der Waals surface area contributed by atoms with Crippen LogP contribution in [-0.2, 0) is 14.3 Å². The summed E-state index contributed by atoms with van der Waals surface area (Å²) >= 11 is 0. The molecular weight excluding hydrogens is 331 g/mol. The second kappa shape index (κ2) is 6.36. The summed E-state index contributed by atoms with van der Waals surface area (Å²) in [6, 6.07) is 4.44. The lowest BCUT2D eigenvalue weighted by Crippen LogP contribution is -2.26. The van der Waals surface area contributed by atoms with Gasteiger partial charge in [-0.15, -0.1) is 0 Å². The van der Waals surface area contributed by atoms with Crippen molar-refractivity contribution in [1.82, 2.24) is 0 Å². The number of halogens is 1. The Morgan fingerprint density at radius 1 is 1.44 bits per heavy atom. The van der Waals surface area contributed by atoms with Crippen LogP contribution in [0.15, 0.2) is 34.9 Å². The largest absolute Gasteiger partial charge is 0.463 e. The summed E-state index contributed by atoms with van der Waals surface area (Å²) in [5, 5.41) is 9.47. The third-order valence-corrected chi connectivity index (χ3v) is 3.90. The molecule has 0 bridgehead atoms. The van der Waals surface area contributed by atoms with Crippen LogP contribution in [0.1, 0.15) is 25.3 Å². The van der Waals surface area contributed by atoms with Crippen molar-refractivity contribution in [3.63, 3.8) is 0 Å². The van der Waals surface area contributed by atoms with Crippen LogP contribution in [0.5, 0.6) is 11.5 Å². The zero-order chi connectivity index (χ0) is 18.1. The van der Waals surface area contributed by atoms with E-state index in [0.717, 1.165) is 6.07 Å². The van der Waals surface area contributed by atoms with Gasteiger partial charge in [0.25, 0.3) is 0 Å². The van der Waals surface area contributed by atoms with Gasteiger partial charge in [-0.05, 0) is 19.9 Å². The minimum Gasteiger partial charge on any atom is -0.463 e. The molecule has 25 heavy (non-hydrogen) atoms. The van der Waals surface area contributed by atoms with Gasteiger partial charge in [-0.25, -0.2) is 9.18 Å². The molecule has 0 saturated carbocycles. The Hall–Kier alpha value is -3.21. The van der Waals surface area contributed by atoms with E-state index in [0.29, 0.717) is 5.75 Å². The summed E-state index contributed by atoms with van der Waals surface area (Å²) < 4.78 is 35.4. The van der Waals surface area contributed by atoms with Crippen molar-refractivity contribution >= 4 is 5.97 Å². The lowest BCUT2D eigenvalue weighted by molar-refractivity contribution is -0.139. The highest BCUT2D eigenvalue weighted by Crippen LogP contribution is 2.44. The van der Waals surface area contributed by atoms with Gasteiger partial charge < -0.3 is 24.7 Å². The van der Waals surface area contributed by atoms with Crippen LogP contribution >= 0.6 is 0 Å². The SMILES string of the molecule is CCOC(=O)C1=C(C)OC(N)=C(C#N)C1c1cc2c(cc1F)OCO2. The van der Waals surface area contributed by atoms with Gasteiger partial charge in [0.05, 0.1) is 18.1 Å². The highest BCUT2D eigenvalue weighted by molar-refractivity contribution is 5.92. The quantitative estimate of drug-likeness (QED) is 0.837. The number of rotatable bonds is 3. The summed E-state index contributed by atoms with van der Waals surface area (Å²) in [6.45, 7) is 3.23. The molecule has 1 aromatic rings. The molecule has 0 fully saturated rings. The molecule has 2 heterocycles. The summed E-state index contributed by atoms with van der Waals surface area (Å²) in [7, 11) is 0. The molecule has 7 nitrogen and oxygen atoms in total. The minimum absolute atomic E-state index is 0.0189. The fraction of sp³-hybridized carbons (Fsp3) is 0.294. The summed E-state index contributed by atoms with van der Waals surface area (Å²) in [5.74, 6) is -1.89. The Balaban J connectivity index is 2.19. The number of hydrogen-bond acceptors (Lipinski definition) is 7. The molecule has 2 N–H and O–H groups in total. The maximum Gasteiger partial charge on any atom is 0.338 e. The number of benzene rings is 1. The molecule has 0 radical (unpaired) electrons. The number of ether oxygens (including phenoxy) is 4. The minimum atomic E-state index is -1.06. The van der Waals surface area contributed by atoms with E-state index in [1.165, 1.54) is 13.0 Å². The van der Waals surface area contributed by atoms with E-state index in [1.807, 2.05) is 6.07 Å². The fourth-order valence-electron chi connectivity index (χ4n) is 2.82. The molecule has 1 aromatic carbocycles. The third-order valence-electron chi connectivity index (χ3n) is 3.90. The highest BCUT2D eigenvalue weighted by atomic mass is 19.1. The van der Waals surface area contributed by atoms with Gasteiger partial charge >= 0.3 is 5.97 Å². The Bertz CT molecular complexity index is 853. The lowest BCUT2D eigenvalue weighted by atomic mass is 9.82. The van der Waals surface area contributed by atoms with Crippen molar-refractivity contribution in [2.45, 2.75) is 19.8 Å². The molecule has 0 amide bonds. The molecule has 0 aliphatic carbocycles. The number of esters is 1. The number of hydrogen-bond donors (Lipinski definition) is 1. The van der Waals surface area contributed by atoms with Crippen LogP contribution < -0.4 is 15.2 Å². The van der Waals surface area contributed by atoms with Crippen molar-refractivity contribution in [2.24, 2.45) is 5.73 Å². The van der Waals surface area contributed by atoms with Gasteiger partial charge in [-0.2, -0.15) is 5.26 Å². The molecule has 3 rings (SSSR count). The second-order valence-corrected chi connectivity index (χ2v) is 5.34. The number of carbonyl (C=O) groups excluding carboxylic acids is 1. The van der Waals surface area contributed by atoms with Gasteiger partial charge in [0.15, 0.2) is 11.5 Å². The normalized spacial score (nSPS) is 18.7. The van der Waals surface area contributed by atoms with Crippen molar-refractivity contribution in [3.8, 4) is 17.6 Å². The Morgan fingerprint density at radius 3 is 2.76 bits per heavy atom. The van der Waals surface area contributed by atoms with Crippen molar-refractivity contribution in [3.05, 3.63) is 46.3 Å². The van der Waals surface area contributed by atoms with E-state index in [4.69, 9.17) is 24.7 Å². The fourth-order valence-corrected chi connectivity index (χ4v) is 2.82. The number of fused-ring (bicyclic) bond motifs is 1. The zero-order valence-corrected chi connectivity index (χ0v) is 13.6. The first-order valence-corrected chi connectivity index (χ1v) is 7.52. The van der Waals surface area contributed by atoms with Gasteiger partial charge in [-0.1, -0.05) is 0 Å². The van der Waals surface area contributed by atoms with E-state index in [2.05, 4.69) is 0 Å². The van der Waals surface area contributed by atoms with Gasteiger partial charge in [0.1, 0.15) is 23.2 Å². The van der Waals surface area contributed by atoms with Gasteiger partial charge in [-0.3, -0.25) is 0 Å². The third kappa shape index (κ3) is 2.74. The predicted octanol–water partition coefficient (Wildman–Crippen LogP) is 2.20. The molecule has 130 valence electrons. The van der Waals surface area contributed by atoms with Crippen LogP contribution in [0.25, 0.3) is 0 Å². The van der Waals surface area contributed by atoms with Crippen LogP contribution in [0.2, 0.25) is 0 Å². The topological polar surface area (TPSA) is 104 Å². The smallest absolute Gasteiger partial charge is 0.338 e. The first kappa shape index (κ1) is 16.6. The van der Waals surface area contributed by atoms with Crippen LogP contribution in [0.3, 0.4) is 0 Å². The average Bonchev–Trinajstić information content (AvgIpc) is 3.00. The van der Waals surface area contributed by atoms with E-state index in [1.54, 1.807) is 6.92 Å². The molecule has 2 aliphatic rings. The first-order chi connectivity index (χ1) is 12.0. The van der Waals surface area contributed by atoms with E-state index in [-0.39, 0.29) is 47.5 Å². The van der Waals surface area contributed by atoms with E-state index >= 15 is 0 Å². The number of nitrogens with zero attached hydrogens (tertiary/aromatic N) is 1. The standard InChI is InChI=1S/C17H15FN2O5/c1-3-22-17(21)14-8(2)25-16(20)10(6-19)15(14)9-4-12-13(5-11(9)18)24-7-23-12/h4-5,15H,3,7,20H2,1-2H3. The molecule has 1 unspecified atom stereocenters. The van der Waals surface area contributed by atoms with Crippen molar-refractivity contribution in [1.29, 1.82) is 5.26 Å². The molecule has 1 atom stereocenters. The van der Waals surface area contributed by atoms with E-state index < -0.39 is 17.7 Å². The number of nitrogens with two attached hydrogens (primary N) is 1. The molecule has 8 heteroatoms. The molecular formula is C17H15FN2O5. The van der Waals surface area contributed by atoms with Gasteiger partial charge in [0.2, 0.25) is 12.7 Å².